The lowest BCUT2D eigenvalue weighted by molar-refractivity contribution is -0.141. The zero-order valence-electron chi connectivity index (χ0n) is 26.9. The van der Waals surface area contributed by atoms with Crippen LogP contribution in [-0.2, 0) is 12.4 Å². The molecule has 0 aliphatic carbocycles. The molecule has 4 atom stereocenters. The highest BCUT2D eigenvalue weighted by Crippen LogP contribution is 2.52. The van der Waals surface area contributed by atoms with Crippen LogP contribution in [0.5, 0.6) is 6.01 Å². The number of halogens is 8. The summed E-state index contributed by atoms with van der Waals surface area (Å²) in [6, 6.07) is 3.10. The highest BCUT2D eigenvalue weighted by atomic mass is 32.1. The number of alkyl halides is 7. The van der Waals surface area contributed by atoms with Gasteiger partial charge in [-0.15, -0.1) is 11.3 Å². The average Bonchev–Trinajstić information content (AvgIpc) is 3.84. The fraction of sp³-hybridized carbons (Fsp3) is 0.500. The number of nitriles is 1. The van der Waals surface area contributed by atoms with Crippen LogP contribution in [-0.4, -0.2) is 71.4 Å². The molecule has 0 bridgehead atoms. The highest BCUT2D eigenvalue weighted by molar-refractivity contribution is 7.23. The largest absolute Gasteiger partial charge is 0.461 e. The second-order valence-corrected chi connectivity index (χ2v) is 14.8. The number of rotatable bonds is 5. The molecular weight excluding hydrogens is 706 g/mol. The van der Waals surface area contributed by atoms with Gasteiger partial charge in [0.1, 0.15) is 35.5 Å². The molecule has 4 fully saturated rings. The molecule has 2 aromatic carbocycles. The maximum Gasteiger partial charge on any atom is 0.419 e. The Morgan fingerprint density at radius 2 is 1.90 bits per heavy atom. The van der Waals surface area contributed by atoms with Crippen molar-refractivity contribution in [1.82, 2.24) is 20.2 Å². The third-order valence-electron chi connectivity index (χ3n) is 10.9. The van der Waals surface area contributed by atoms with Gasteiger partial charge in [-0.25, -0.2) is 8.78 Å². The molecule has 8 nitrogen and oxygen atoms in total. The minimum absolute atomic E-state index is 0.0524. The number of fused-ring (bicyclic) bond motifs is 4. The number of piperidine rings is 1. The van der Waals surface area contributed by atoms with Crippen LogP contribution < -0.4 is 20.7 Å². The van der Waals surface area contributed by atoms with Crippen LogP contribution >= 0.6 is 11.3 Å². The normalized spacial score (nSPS) is 25.5. The van der Waals surface area contributed by atoms with E-state index in [9.17, 15) is 9.65 Å². The van der Waals surface area contributed by atoms with Crippen LogP contribution in [0.1, 0.15) is 55.2 Å². The molecule has 3 N–H and O–H groups in total. The van der Waals surface area contributed by atoms with E-state index < -0.39 is 80.0 Å². The van der Waals surface area contributed by atoms with Crippen LogP contribution in [0.15, 0.2) is 18.2 Å². The molecule has 0 amide bonds. The summed E-state index contributed by atoms with van der Waals surface area (Å²) in [6.07, 6.45) is -8.42. The van der Waals surface area contributed by atoms with E-state index in [0.29, 0.717) is 56.3 Å². The number of nitrogen functional groups attached to an aromatic ring is 1. The second kappa shape index (κ2) is 12.0. The number of hydrogen-bond donors (Lipinski definition) is 2. The SMILES string of the molecule is N#Cc1c(N)sc2c(F)ccc(-c3c(C(F)(F)F)cc4c(N5CCCC6NCCC65)nc(OC[C@@]56CCCN5C[C@H](F)C6)nc4c3C(F)(F)F)c12. The second-order valence-electron chi connectivity index (χ2n) is 13.8. The van der Waals surface area contributed by atoms with Crippen molar-refractivity contribution in [1.29, 1.82) is 5.26 Å². The van der Waals surface area contributed by atoms with Crippen LogP contribution in [0.4, 0.5) is 45.9 Å². The Kier molecular flexibility index (Phi) is 8.04. The number of hydrogen-bond acceptors (Lipinski definition) is 9. The molecule has 2 unspecified atom stereocenters. The predicted octanol–water partition coefficient (Wildman–Crippen LogP) is 7.43. The number of aromatic nitrogens is 2. The number of benzene rings is 2. The van der Waals surface area contributed by atoms with Gasteiger partial charge in [0.15, 0.2) is 0 Å². The van der Waals surface area contributed by atoms with E-state index in [1.165, 1.54) is 0 Å². The molecule has 4 saturated heterocycles. The summed E-state index contributed by atoms with van der Waals surface area (Å²) >= 11 is 0.556. The van der Waals surface area contributed by atoms with Crippen molar-refractivity contribution in [2.45, 2.75) is 74.7 Å². The Morgan fingerprint density at radius 3 is 2.65 bits per heavy atom. The van der Waals surface area contributed by atoms with Gasteiger partial charge < -0.3 is 20.7 Å². The quantitative estimate of drug-likeness (QED) is 0.204. The Labute approximate surface area is 290 Å². The van der Waals surface area contributed by atoms with Crippen molar-refractivity contribution in [3.63, 3.8) is 0 Å². The van der Waals surface area contributed by atoms with Crippen LogP contribution in [0.25, 0.3) is 32.1 Å². The number of anilines is 2. The summed E-state index contributed by atoms with van der Waals surface area (Å²) in [4.78, 5) is 12.4. The first-order chi connectivity index (χ1) is 24.2. The molecule has 8 rings (SSSR count). The Morgan fingerprint density at radius 1 is 1.10 bits per heavy atom. The highest BCUT2D eigenvalue weighted by Gasteiger charge is 2.50. The molecule has 0 radical (unpaired) electrons. The monoisotopic (exact) mass is 737 g/mol. The lowest BCUT2D eigenvalue weighted by atomic mass is 9.88. The molecule has 4 aromatic rings. The molecule has 0 spiro atoms. The van der Waals surface area contributed by atoms with Gasteiger partial charge >= 0.3 is 18.4 Å². The predicted molar refractivity (Wildman–Crippen MR) is 175 cm³/mol. The first-order valence-electron chi connectivity index (χ1n) is 16.7. The first-order valence-corrected chi connectivity index (χ1v) is 17.5. The molecule has 17 heteroatoms. The summed E-state index contributed by atoms with van der Waals surface area (Å²) < 4.78 is 127. The summed E-state index contributed by atoms with van der Waals surface area (Å²) in [5, 5.41) is 12.0. The van der Waals surface area contributed by atoms with Gasteiger partial charge in [0.25, 0.3) is 0 Å². The van der Waals surface area contributed by atoms with Crippen molar-refractivity contribution < 1.29 is 39.9 Å². The fourth-order valence-corrected chi connectivity index (χ4v) is 9.73. The molecule has 0 saturated carbocycles. The molecule has 51 heavy (non-hydrogen) atoms. The molecule has 2 aromatic heterocycles. The van der Waals surface area contributed by atoms with Crippen LogP contribution in [0, 0.1) is 17.1 Å². The average molecular weight is 738 g/mol. The lowest BCUT2D eigenvalue weighted by Gasteiger charge is -2.39. The topological polar surface area (TPSA) is 103 Å². The summed E-state index contributed by atoms with van der Waals surface area (Å²) in [5.74, 6) is -1.09. The van der Waals surface area contributed by atoms with Gasteiger partial charge in [0, 0.05) is 47.9 Å². The maximum absolute atomic E-state index is 15.6. The van der Waals surface area contributed by atoms with E-state index in [4.69, 9.17) is 10.5 Å². The zero-order valence-corrected chi connectivity index (χ0v) is 27.7. The van der Waals surface area contributed by atoms with E-state index in [0.717, 1.165) is 25.0 Å². The maximum atomic E-state index is 15.6. The van der Waals surface area contributed by atoms with Gasteiger partial charge in [0.05, 0.1) is 32.4 Å². The number of thiophene rings is 1. The van der Waals surface area contributed by atoms with E-state index in [-0.39, 0.29) is 47.2 Å². The Balaban J connectivity index is 1.43. The number of nitrogens with zero attached hydrogens (tertiary/aromatic N) is 5. The minimum Gasteiger partial charge on any atom is -0.461 e. The minimum atomic E-state index is -5.44. The molecular formula is C34H31F8N7OS. The molecule has 270 valence electrons. The number of nitrogens with two attached hydrogens (primary N) is 1. The number of nitrogens with one attached hydrogen (secondary N) is 1. The van der Waals surface area contributed by atoms with Gasteiger partial charge in [-0.3, -0.25) is 4.90 Å². The summed E-state index contributed by atoms with van der Waals surface area (Å²) in [5.41, 5.74) is -1.43. The van der Waals surface area contributed by atoms with Crippen molar-refractivity contribution >= 4 is 43.1 Å². The molecule has 6 heterocycles. The third-order valence-corrected chi connectivity index (χ3v) is 11.9. The van der Waals surface area contributed by atoms with Gasteiger partial charge in [-0.05, 0) is 62.9 Å². The fourth-order valence-electron chi connectivity index (χ4n) is 8.78. The smallest absolute Gasteiger partial charge is 0.419 e. The van der Waals surface area contributed by atoms with E-state index in [1.807, 2.05) is 4.90 Å². The lowest BCUT2D eigenvalue weighted by Crippen LogP contribution is -2.49. The van der Waals surface area contributed by atoms with Gasteiger partial charge in [-0.1, -0.05) is 6.07 Å². The molecule has 4 aliphatic rings. The van der Waals surface area contributed by atoms with Gasteiger partial charge in [0.2, 0.25) is 0 Å². The Bertz CT molecular complexity index is 2100. The third kappa shape index (κ3) is 5.52. The summed E-state index contributed by atoms with van der Waals surface area (Å²) in [7, 11) is 0. The van der Waals surface area contributed by atoms with Crippen molar-refractivity contribution in [2.24, 2.45) is 0 Å². The standard InChI is InChI=1S/C34H31F8N7OS/c35-16-12-32(7-2-9-48(32)14-16)15-50-31-46-27-18(30(47-31)49-10-1-3-22-23(49)6-8-45-22)11-20(33(37,38)39)25(26(27)34(40,41)42)17-4-5-21(36)28-24(17)19(13-43)29(44)51-28/h4-5,11,16,22-23,45H,1-3,6-10,12,14-15,44H2/t16-,22?,23?,32+/m1/s1. The molecule has 4 aliphatic heterocycles. The van der Waals surface area contributed by atoms with Gasteiger partial charge in [-0.2, -0.15) is 41.6 Å². The van der Waals surface area contributed by atoms with Crippen LogP contribution in [0.2, 0.25) is 0 Å². The Hall–Kier alpha value is -4.01. The first kappa shape index (κ1) is 34.1. The number of ether oxygens (including phenoxy) is 1. The van der Waals surface area contributed by atoms with E-state index in [1.54, 1.807) is 11.0 Å². The van der Waals surface area contributed by atoms with E-state index in [2.05, 4.69) is 15.3 Å². The zero-order chi connectivity index (χ0) is 36.0. The van der Waals surface area contributed by atoms with E-state index >= 15 is 30.7 Å². The van der Waals surface area contributed by atoms with Crippen LogP contribution in [0.3, 0.4) is 0 Å². The van der Waals surface area contributed by atoms with Crippen molar-refractivity contribution in [3.8, 4) is 23.2 Å². The van der Waals surface area contributed by atoms with Crippen molar-refractivity contribution in [2.75, 3.05) is 43.4 Å². The summed E-state index contributed by atoms with van der Waals surface area (Å²) in [6.45, 7) is 1.63. The van der Waals surface area contributed by atoms with Crippen molar-refractivity contribution in [3.05, 3.63) is 40.7 Å².